The minimum absolute atomic E-state index is 0.0608. The molecule has 1 heterocycles. The molecule has 0 aliphatic carbocycles. The minimum atomic E-state index is -0.565. The van der Waals surface area contributed by atoms with Crippen LogP contribution in [0.4, 0.5) is 4.39 Å². The Hall–Kier alpha value is -3.44. The van der Waals surface area contributed by atoms with Gasteiger partial charge in [-0.3, -0.25) is 4.79 Å². The summed E-state index contributed by atoms with van der Waals surface area (Å²) in [4.78, 5) is 24.9. The third kappa shape index (κ3) is 3.65. The number of hydrogen-bond donors (Lipinski definition) is 0. The van der Waals surface area contributed by atoms with Gasteiger partial charge in [-0.25, -0.2) is 9.18 Å². The summed E-state index contributed by atoms with van der Waals surface area (Å²) in [5.74, 6) is -1.09. The number of aryl methyl sites for hydroxylation is 1. The van der Waals surface area contributed by atoms with E-state index in [1.165, 1.54) is 42.5 Å². The van der Waals surface area contributed by atoms with Gasteiger partial charge in [-0.05, 0) is 48.9 Å². The SMILES string of the molecule is Cc1ccccc1C(=O)Oc1ccc2c(c1)OC(=Cc1c(F)cccc1Cl)C2=O. The van der Waals surface area contributed by atoms with Gasteiger partial charge in [-0.2, -0.15) is 0 Å². The fourth-order valence-electron chi connectivity index (χ4n) is 2.97. The third-order valence-electron chi connectivity index (χ3n) is 4.49. The van der Waals surface area contributed by atoms with E-state index in [1.807, 2.05) is 19.1 Å². The molecule has 0 saturated heterocycles. The highest BCUT2D eigenvalue weighted by Crippen LogP contribution is 2.36. The van der Waals surface area contributed by atoms with Gasteiger partial charge in [0, 0.05) is 11.6 Å². The monoisotopic (exact) mass is 408 g/mol. The largest absolute Gasteiger partial charge is 0.452 e. The highest BCUT2D eigenvalue weighted by molar-refractivity contribution is 6.32. The highest BCUT2D eigenvalue weighted by atomic mass is 35.5. The summed E-state index contributed by atoms with van der Waals surface area (Å²) in [6.45, 7) is 1.81. The summed E-state index contributed by atoms with van der Waals surface area (Å²) in [5.41, 5.74) is 1.59. The number of carbonyl (C=O) groups is 2. The van der Waals surface area contributed by atoms with E-state index >= 15 is 0 Å². The van der Waals surface area contributed by atoms with Crippen LogP contribution in [0.5, 0.6) is 11.5 Å². The fraction of sp³-hybridized carbons (Fsp3) is 0.0435. The first-order valence-corrected chi connectivity index (χ1v) is 9.12. The van der Waals surface area contributed by atoms with Crippen molar-refractivity contribution in [3.63, 3.8) is 0 Å². The van der Waals surface area contributed by atoms with Crippen LogP contribution in [0.1, 0.15) is 31.8 Å². The molecule has 0 N–H and O–H groups in total. The number of hydrogen-bond acceptors (Lipinski definition) is 4. The van der Waals surface area contributed by atoms with E-state index in [9.17, 15) is 14.0 Å². The standard InChI is InChI=1S/C23H14ClFO4/c1-13-5-2-3-6-15(13)23(27)28-14-9-10-16-20(11-14)29-21(22(16)26)12-17-18(24)7-4-8-19(17)25/h2-12H,1H3. The quantitative estimate of drug-likeness (QED) is 0.320. The molecule has 4 nitrogen and oxygen atoms in total. The second-order valence-corrected chi connectivity index (χ2v) is 6.84. The smallest absolute Gasteiger partial charge is 0.343 e. The molecule has 0 aromatic heterocycles. The van der Waals surface area contributed by atoms with Crippen molar-refractivity contribution in [2.24, 2.45) is 0 Å². The molecular formula is C23H14ClFO4. The zero-order valence-corrected chi connectivity index (χ0v) is 16.0. The average Bonchev–Trinajstić information content (AvgIpc) is 3.00. The number of benzene rings is 3. The van der Waals surface area contributed by atoms with E-state index in [1.54, 1.807) is 12.1 Å². The van der Waals surface area contributed by atoms with Crippen molar-refractivity contribution in [3.05, 3.63) is 99.5 Å². The number of carbonyl (C=O) groups excluding carboxylic acids is 2. The molecule has 0 atom stereocenters. The van der Waals surface area contributed by atoms with Gasteiger partial charge >= 0.3 is 5.97 Å². The minimum Gasteiger partial charge on any atom is -0.452 e. The highest BCUT2D eigenvalue weighted by Gasteiger charge is 2.28. The number of ketones is 1. The summed E-state index contributed by atoms with van der Waals surface area (Å²) in [6, 6.07) is 15.8. The van der Waals surface area contributed by atoms with Gasteiger partial charge in [0.1, 0.15) is 17.3 Å². The molecule has 3 aromatic carbocycles. The normalized spacial score (nSPS) is 13.9. The van der Waals surface area contributed by atoms with Crippen LogP contribution in [0, 0.1) is 12.7 Å². The number of rotatable bonds is 3. The van der Waals surface area contributed by atoms with E-state index in [0.29, 0.717) is 11.1 Å². The molecule has 0 fully saturated rings. The summed E-state index contributed by atoms with van der Waals surface area (Å²) in [7, 11) is 0. The van der Waals surface area contributed by atoms with Gasteiger partial charge in [0.2, 0.25) is 5.78 Å². The second-order valence-electron chi connectivity index (χ2n) is 6.44. The Morgan fingerprint density at radius 1 is 1.10 bits per heavy atom. The summed E-state index contributed by atoms with van der Waals surface area (Å²) in [6.07, 6.45) is 1.26. The fourth-order valence-corrected chi connectivity index (χ4v) is 3.19. The van der Waals surface area contributed by atoms with Crippen molar-refractivity contribution in [3.8, 4) is 11.5 Å². The zero-order chi connectivity index (χ0) is 20.5. The zero-order valence-electron chi connectivity index (χ0n) is 15.2. The van der Waals surface area contributed by atoms with E-state index in [-0.39, 0.29) is 27.8 Å². The number of allylic oxidation sites excluding steroid dienone is 1. The lowest BCUT2D eigenvalue weighted by molar-refractivity contribution is 0.0733. The van der Waals surface area contributed by atoms with E-state index in [2.05, 4.69) is 0 Å². The first kappa shape index (κ1) is 18.9. The molecule has 144 valence electrons. The van der Waals surface area contributed by atoms with Gasteiger partial charge in [0.05, 0.1) is 16.1 Å². The molecule has 0 unspecified atom stereocenters. The van der Waals surface area contributed by atoms with Crippen LogP contribution in [-0.2, 0) is 0 Å². The van der Waals surface area contributed by atoms with Crippen molar-refractivity contribution in [2.75, 3.05) is 0 Å². The van der Waals surface area contributed by atoms with Crippen molar-refractivity contribution < 1.29 is 23.5 Å². The Bertz CT molecular complexity index is 1160. The number of fused-ring (bicyclic) bond motifs is 1. The van der Waals surface area contributed by atoms with Gasteiger partial charge in [0.25, 0.3) is 0 Å². The molecular weight excluding hydrogens is 395 g/mol. The van der Waals surface area contributed by atoms with E-state index in [4.69, 9.17) is 21.1 Å². The van der Waals surface area contributed by atoms with Gasteiger partial charge in [-0.15, -0.1) is 0 Å². The molecule has 1 aliphatic heterocycles. The molecule has 3 aromatic rings. The number of esters is 1. The molecule has 0 radical (unpaired) electrons. The maximum Gasteiger partial charge on any atom is 0.343 e. The molecule has 1 aliphatic rings. The molecule has 0 saturated carbocycles. The van der Waals surface area contributed by atoms with E-state index in [0.717, 1.165) is 5.56 Å². The summed E-state index contributed by atoms with van der Waals surface area (Å²) >= 11 is 6.01. The summed E-state index contributed by atoms with van der Waals surface area (Å²) < 4.78 is 25.0. The Balaban J connectivity index is 1.60. The summed E-state index contributed by atoms with van der Waals surface area (Å²) in [5, 5.41) is 0.165. The van der Waals surface area contributed by atoms with Crippen LogP contribution < -0.4 is 9.47 Å². The van der Waals surface area contributed by atoms with Crippen molar-refractivity contribution in [1.29, 1.82) is 0 Å². The predicted octanol–water partition coefficient (Wildman–Crippen LogP) is 5.62. The average molecular weight is 409 g/mol. The van der Waals surface area contributed by atoms with Gasteiger partial charge in [-0.1, -0.05) is 35.9 Å². The topological polar surface area (TPSA) is 52.6 Å². The van der Waals surface area contributed by atoms with Crippen LogP contribution in [0.3, 0.4) is 0 Å². The second kappa shape index (κ2) is 7.53. The molecule has 0 bridgehead atoms. The predicted molar refractivity (Wildman–Crippen MR) is 107 cm³/mol. The Morgan fingerprint density at radius 3 is 2.66 bits per heavy atom. The van der Waals surface area contributed by atoms with Crippen LogP contribution in [-0.4, -0.2) is 11.8 Å². The number of halogens is 2. The third-order valence-corrected chi connectivity index (χ3v) is 4.82. The Kier molecular flexibility index (Phi) is 4.91. The first-order chi connectivity index (χ1) is 13.9. The molecule has 6 heteroatoms. The Morgan fingerprint density at radius 2 is 1.90 bits per heavy atom. The van der Waals surface area contributed by atoms with Crippen molar-refractivity contribution in [2.45, 2.75) is 6.92 Å². The molecule has 0 spiro atoms. The molecule has 0 amide bonds. The molecule has 4 rings (SSSR count). The lowest BCUT2D eigenvalue weighted by Gasteiger charge is -2.07. The van der Waals surface area contributed by atoms with Crippen LogP contribution in [0.25, 0.3) is 6.08 Å². The Labute approximate surface area is 171 Å². The maximum atomic E-state index is 14.0. The van der Waals surface area contributed by atoms with Crippen molar-refractivity contribution in [1.82, 2.24) is 0 Å². The maximum absolute atomic E-state index is 14.0. The molecule has 29 heavy (non-hydrogen) atoms. The van der Waals surface area contributed by atoms with Crippen LogP contribution >= 0.6 is 11.6 Å². The van der Waals surface area contributed by atoms with Crippen LogP contribution in [0.15, 0.2) is 66.4 Å². The first-order valence-electron chi connectivity index (χ1n) is 8.74. The van der Waals surface area contributed by atoms with Gasteiger partial charge in [0.15, 0.2) is 5.76 Å². The van der Waals surface area contributed by atoms with Crippen molar-refractivity contribution >= 4 is 29.4 Å². The lowest BCUT2D eigenvalue weighted by atomic mass is 10.1. The number of ether oxygens (including phenoxy) is 2. The van der Waals surface area contributed by atoms with Crippen LogP contribution in [0.2, 0.25) is 5.02 Å². The van der Waals surface area contributed by atoms with E-state index < -0.39 is 17.6 Å². The lowest BCUT2D eigenvalue weighted by Crippen LogP contribution is -2.10. The number of Topliss-reactive ketones (excluding diaryl/α,β-unsaturated/α-hetero) is 1. The van der Waals surface area contributed by atoms with Gasteiger partial charge < -0.3 is 9.47 Å².